The van der Waals surface area contributed by atoms with Crippen LogP contribution < -0.4 is 5.32 Å². The van der Waals surface area contributed by atoms with E-state index in [4.69, 9.17) is 0 Å². The molecule has 2 aromatic rings. The Labute approximate surface area is 131 Å². The molecule has 1 aromatic heterocycles. The lowest BCUT2D eigenvalue weighted by molar-refractivity contribution is 0.0944. The number of likely N-dealkylation sites (N-methyl/N-ethyl adjacent to an activating group) is 1. The van der Waals surface area contributed by atoms with Gasteiger partial charge in [-0.3, -0.25) is 4.79 Å². The van der Waals surface area contributed by atoms with Crippen LogP contribution in [0.2, 0.25) is 0 Å². The number of hydrogen-bond donors (Lipinski definition) is 1. The minimum atomic E-state index is -0.175. The summed E-state index contributed by atoms with van der Waals surface area (Å²) in [7, 11) is 0. The van der Waals surface area contributed by atoms with E-state index in [2.05, 4.69) is 34.4 Å². The van der Waals surface area contributed by atoms with Crippen LogP contribution in [0.1, 0.15) is 29.9 Å². The fraction of sp³-hybridized carbons (Fsp3) is 0.438. The normalized spacial score (nSPS) is 10.9. The first-order valence-electron chi connectivity index (χ1n) is 7.67. The maximum atomic E-state index is 12.0. The number of benzene rings is 1. The Bertz CT molecular complexity index is 577. The Morgan fingerprint density at radius 1 is 1.23 bits per heavy atom. The minimum Gasteiger partial charge on any atom is -0.349 e. The maximum absolute atomic E-state index is 12.0. The number of carbonyl (C=O) groups excluding carboxylic acids is 1. The van der Waals surface area contributed by atoms with E-state index in [1.807, 2.05) is 30.3 Å². The smallest absolute Gasteiger partial charge is 0.273 e. The molecule has 0 aliphatic heterocycles. The molecule has 0 saturated heterocycles. The van der Waals surface area contributed by atoms with E-state index in [1.54, 1.807) is 10.9 Å². The zero-order valence-corrected chi connectivity index (χ0v) is 13.2. The molecule has 22 heavy (non-hydrogen) atoms. The number of nitrogens with one attached hydrogen (secondary N) is 1. The van der Waals surface area contributed by atoms with Crippen LogP contribution in [0.5, 0.6) is 0 Å². The van der Waals surface area contributed by atoms with Gasteiger partial charge < -0.3 is 10.2 Å². The van der Waals surface area contributed by atoms with E-state index in [-0.39, 0.29) is 5.91 Å². The highest BCUT2D eigenvalue weighted by Crippen LogP contribution is 2.02. The summed E-state index contributed by atoms with van der Waals surface area (Å²) in [6.07, 6.45) is 1.68. The Balaban J connectivity index is 1.84. The molecule has 0 saturated carbocycles. The van der Waals surface area contributed by atoms with Crippen molar-refractivity contribution in [3.05, 3.63) is 47.8 Å². The summed E-state index contributed by atoms with van der Waals surface area (Å²) >= 11 is 0. The van der Waals surface area contributed by atoms with Crippen molar-refractivity contribution < 1.29 is 4.79 Å². The molecule has 0 bridgehead atoms. The van der Waals surface area contributed by atoms with E-state index in [0.717, 1.165) is 25.2 Å². The molecule has 1 amide bonds. The first-order chi connectivity index (χ1) is 10.7. The van der Waals surface area contributed by atoms with Gasteiger partial charge in [-0.05, 0) is 18.7 Å². The van der Waals surface area contributed by atoms with Crippen molar-refractivity contribution in [1.82, 2.24) is 25.2 Å². The standard InChI is InChI=1S/C16H23N5O/c1-3-20(4-2)11-10-17-16(22)15-13-21(19-18-15)12-14-8-6-5-7-9-14/h5-9,13H,3-4,10-12H2,1-2H3,(H,17,22). The summed E-state index contributed by atoms with van der Waals surface area (Å²) in [6, 6.07) is 9.97. The topological polar surface area (TPSA) is 63.1 Å². The third kappa shape index (κ3) is 4.66. The average Bonchev–Trinajstić information content (AvgIpc) is 3.01. The number of rotatable bonds is 8. The highest BCUT2D eigenvalue weighted by Gasteiger charge is 2.10. The Hall–Kier alpha value is -2.21. The lowest BCUT2D eigenvalue weighted by Crippen LogP contribution is -2.34. The third-order valence-electron chi connectivity index (χ3n) is 3.57. The predicted octanol–water partition coefficient (Wildman–Crippen LogP) is 1.40. The zero-order valence-electron chi connectivity index (χ0n) is 13.2. The van der Waals surface area contributed by atoms with E-state index in [9.17, 15) is 4.79 Å². The van der Waals surface area contributed by atoms with Crippen LogP contribution in [0.3, 0.4) is 0 Å². The number of hydrogen-bond acceptors (Lipinski definition) is 4. The van der Waals surface area contributed by atoms with Gasteiger partial charge in [0.15, 0.2) is 5.69 Å². The number of nitrogens with zero attached hydrogens (tertiary/aromatic N) is 4. The quantitative estimate of drug-likeness (QED) is 0.800. The van der Waals surface area contributed by atoms with E-state index >= 15 is 0 Å². The highest BCUT2D eigenvalue weighted by molar-refractivity contribution is 5.91. The molecule has 0 atom stereocenters. The molecule has 1 N–H and O–H groups in total. The molecule has 0 aliphatic rings. The summed E-state index contributed by atoms with van der Waals surface area (Å²) in [5.74, 6) is -0.175. The van der Waals surface area contributed by atoms with Gasteiger partial charge in [0.05, 0.1) is 12.7 Å². The van der Waals surface area contributed by atoms with Crippen molar-refractivity contribution in [1.29, 1.82) is 0 Å². The number of aromatic nitrogens is 3. The zero-order chi connectivity index (χ0) is 15.8. The van der Waals surface area contributed by atoms with Crippen molar-refractivity contribution >= 4 is 5.91 Å². The van der Waals surface area contributed by atoms with Crippen LogP contribution in [0.25, 0.3) is 0 Å². The molecule has 0 fully saturated rings. The molecular formula is C16H23N5O. The fourth-order valence-corrected chi connectivity index (χ4v) is 2.21. The maximum Gasteiger partial charge on any atom is 0.273 e. The summed E-state index contributed by atoms with van der Waals surface area (Å²) in [6.45, 7) is 8.27. The second kappa shape index (κ2) is 8.29. The number of carbonyl (C=O) groups is 1. The predicted molar refractivity (Wildman–Crippen MR) is 85.7 cm³/mol. The van der Waals surface area contributed by atoms with Crippen molar-refractivity contribution in [3.8, 4) is 0 Å². The third-order valence-corrected chi connectivity index (χ3v) is 3.57. The van der Waals surface area contributed by atoms with Crippen LogP contribution >= 0.6 is 0 Å². The largest absolute Gasteiger partial charge is 0.349 e. The summed E-state index contributed by atoms with van der Waals surface area (Å²) in [5.41, 5.74) is 1.48. The summed E-state index contributed by atoms with van der Waals surface area (Å²) in [4.78, 5) is 14.3. The van der Waals surface area contributed by atoms with Crippen molar-refractivity contribution in [2.75, 3.05) is 26.2 Å². The van der Waals surface area contributed by atoms with Crippen molar-refractivity contribution in [2.45, 2.75) is 20.4 Å². The minimum absolute atomic E-state index is 0.175. The molecule has 6 nitrogen and oxygen atoms in total. The Kier molecular flexibility index (Phi) is 6.09. The van der Waals surface area contributed by atoms with E-state index < -0.39 is 0 Å². The van der Waals surface area contributed by atoms with Gasteiger partial charge in [0.2, 0.25) is 0 Å². The molecule has 6 heteroatoms. The van der Waals surface area contributed by atoms with Gasteiger partial charge in [-0.2, -0.15) is 0 Å². The van der Waals surface area contributed by atoms with Gasteiger partial charge in [-0.1, -0.05) is 49.4 Å². The second-order valence-electron chi connectivity index (χ2n) is 5.07. The molecule has 0 unspecified atom stereocenters. The van der Waals surface area contributed by atoms with Gasteiger partial charge in [0.25, 0.3) is 5.91 Å². The number of amides is 1. The molecule has 1 heterocycles. The lowest BCUT2D eigenvalue weighted by atomic mass is 10.2. The summed E-state index contributed by atoms with van der Waals surface area (Å²) in [5, 5.41) is 10.8. The summed E-state index contributed by atoms with van der Waals surface area (Å²) < 4.78 is 1.68. The molecule has 118 valence electrons. The Morgan fingerprint density at radius 3 is 2.64 bits per heavy atom. The van der Waals surface area contributed by atoms with Crippen LogP contribution in [-0.2, 0) is 6.54 Å². The van der Waals surface area contributed by atoms with Gasteiger partial charge >= 0.3 is 0 Å². The van der Waals surface area contributed by atoms with E-state index in [0.29, 0.717) is 18.8 Å². The fourth-order valence-electron chi connectivity index (χ4n) is 2.21. The Morgan fingerprint density at radius 2 is 1.95 bits per heavy atom. The first kappa shape index (κ1) is 16.2. The molecular weight excluding hydrogens is 278 g/mol. The van der Waals surface area contributed by atoms with E-state index in [1.165, 1.54) is 0 Å². The van der Waals surface area contributed by atoms with Crippen LogP contribution in [0, 0.1) is 0 Å². The molecule has 1 aromatic carbocycles. The van der Waals surface area contributed by atoms with Gasteiger partial charge in [0.1, 0.15) is 0 Å². The van der Waals surface area contributed by atoms with Crippen LogP contribution in [0.4, 0.5) is 0 Å². The molecule has 0 radical (unpaired) electrons. The monoisotopic (exact) mass is 301 g/mol. The van der Waals surface area contributed by atoms with Crippen molar-refractivity contribution in [2.24, 2.45) is 0 Å². The van der Waals surface area contributed by atoms with Gasteiger partial charge in [-0.15, -0.1) is 5.10 Å². The highest BCUT2D eigenvalue weighted by atomic mass is 16.2. The second-order valence-corrected chi connectivity index (χ2v) is 5.07. The van der Waals surface area contributed by atoms with Crippen LogP contribution in [-0.4, -0.2) is 52.0 Å². The average molecular weight is 301 g/mol. The van der Waals surface area contributed by atoms with Crippen LogP contribution in [0.15, 0.2) is 36.5 Å². The molecule has 2 rings (SSSR count). The SMILES string of the molecule is CCN(CC)CCNC(=O)c1cn(Cc2ccccc2)nn1. The van der Waals surface area contributed by atoms with Gasteiger partial charge in [0, 0.05) is 13.1 Å². The lowest BCUT2D eigenvalue weighted by Gasteiger charge is -2.17. The van der Waals surface area contributed by atoms with Crippen molar-refractivity contribution in [3.63, 3.8) is 0 Å². The van der Waals surface area contributed by atoms with Gasteiger partial charge in [-0.25, -0.2) is 4.68 Å². The molecule has 0 spiro atoms. The molecule has 0 aliphatic carbocycles. The first-order valence-corrected chi connectivity index (χ1v) is 7.67.